The molecule has 26 heavy (non-hydrogen) atoms. The Balaban J connectivity index is 2.02. The number of carbonyl (C=O) groups excluding carboxylic acids is 2. The summed E-state index contributed by atoms with van der Waals surface area (Å²) in [4.78, 5) is 24.1. The number of amides is 1. The van der Waals surface area contributed by atoms with E-state index in [1.807, 2.05) is 12.1 Å². The van der Waals surface area contributed by atoms with Crippen molar-refractivity contribution in [1.82, 2.24) is 5.32 Å². The van der Waals surface area contributed by atoms with Gasteiger partial charge in [-0.15, -0.1) is 0 Å². The van der Waals surface area contributed by atoms with Gasteiger partial charge in [0.15, 0.2) is 0 Å². The summed E-state index contributed by atoms with van der Waals surface area (Å²) >= 11 is 0. The Labute approximate surface area is 151 Å². The van der Waals surface area contributed by atoms with Crippen molar-refractivity contribution >= 4 is 18.0 Å². The molecule has 0 fully saturated rings. The summed E-state index contributed by atoms with van der Waals surface area (Å²) in [6.07, 6.45) is 3.11. The van der Waals surface area contributed by atoms with Gasteiger partial charge in [-0.2, -0.15) is 0 Å². The molecule has 2 rings (SSSR count). The lowest BCUT2D eigenvalue weighted by Crippen LogP contribution is -2.42. The first-order valence-corrected chi connectivity index (χ1v) is 7.96. The molecule has 0 heterocycles. The van der Waals surface area contributed by atoms with E-state index in [0.29, 0.717) is 11.3 Å². The van der Waals surface area contributed by atoms with Gasteiger partial charge in [0.1, 0.15) is 17.6 Å². The number of benzene rings is 2. The number of methoxy groups -OCH3 is 2. The molecule has 0 aliphatic carbocycles. The van der Waals surface area contributed by atoms with Gasteiger partial charge in [0.2, 0.25) is 5.91 Å². The lowest BCUT2D eigenvalue weighted by Gasteiger charge is -2.15. The van der Waals surface area contributed by atoms with E-state index in [9.17, 15) is 14.0 Å². The second kappa shape index (κ2) is 9.36. The van der Waals surface area contributed by atoms with Crippen LogP contribution in [0.2, 0.25) is 0 Å². The summed E-state index contributed by atoms with van der Waals surface area (Å²) in [7, 11) is 2.84. The highest BCUT2D eigenvalue weighted by atomic mass is 19.1. The summed E-state index contributed by atoms with van der Waals surface area (Å²) in [5, 5.41) is 2.62. The molecule has 0 saturated heterocycles. The van der Waals surface area contributed by atoms with Crippen LogP contribution >= 0.6 is 0 Å². The quantitative estimate of drug-likeness (QED) is 0.611. The number of rotatable bonds is 7. The summed E-state index contributed by atoms with van der Waals surface area (Å²) in [5.74, 6) is -0.630. The fourth-order valence-electron chi connectivity index (χ4n) is 2.30. The number of hydrogen-bond acceptors (Lipinski definition) is 4. The van der Waals surface area contributed by atoms with Gasteiger partial charge in [-0.25, -0.2) is 9.18 Å². The molecule has 0 radical (unpaired) electrons. The van der Waals surface area contributed by atoms with Crippen molar-refractivity contribution in [2.24, 2.45) is 0 Å². The van der Waals surface area contributed by atoms with E-state index < -0.39 is 17.9 Å². The van der Waals surface area contributed by atoms with Gasteiger partial charge in [-0.1, -0.05) is 24.3 Å². The first-order valence-electron chi connectivity index (χ1n) is 7.96. The van der Waals surface area contributed by atoms with E-state index in [0.717, 1.165) is 5.56 Å². The third-order valence-corrected chi connectivity index (χ3v) is 3.70. The Hall–Kier alpha value is -3.15. The van der Waals surface area contributed by atoms with E-state index in [1.54, 1.807) is 31.4 Å². The monoisotopic (exact) mass is 357 g/mol. The van der Waals surface area contributed by atoms with Crippen molar-refractivity contribution in [3.8, 4) is 5.75 Å². The summed E-state index contributed by atoms with van der Waals surface area (Å²) in [6.45, 7) is 0. The molecule has 136 valence electrons. The van der Waals surface area contributed by atoms with Gasteiger partial charge >= 0.3 is 5.97 Å². The van der Waals surface area contributed by atoms with Crippen LogP contribution in [0, 0.1) is 5.82 Å². The van der Waals surface area contributed by atoms with Crippen LogP contribution in [0.4, 0.5) is 4.39 Å². The normalized spacial score (nSPS) is 11.8. The number of hydrogen-bond donors (Lipinski definition) is 1. The van der Waals surface area contributed by atoms with Crippen molar-refractivity contribution in [3.63, 3.8) is 0 Å². The molecule has 1 N–H and O–H groups in total. The topological polar surface area (TPSA) is 64.6 Å². The van der Waals surface area contributed by atoms with Crippen molar-refractivity contribution in [2.75, 3.05) is 14.2 Å². The third kappa shape index (κ3) is 5.73. The SMILES string of the molecule is COC(=O)[C@H](Cc1ccc(OC)cc1)NC(=O)C=Cc1ccc(F)cc1. The van der Waals surface area contributed by atoms with E-state index in [4.69, 9.17) is 9.47 Å². The van der Waals surface area contributed by atoms with Gasteiger partial charge in [-0.3, -0.25) is 4.79 Å². The highest BCUT2D eigenvalue weighted by Gasteiger charge is 2.21. The summed E-state index contributed by atoms with van der Waals surface area (Å²) < 4.78 is 22.7. The van der Waals surface area contributed by atoms with Crippen LogP contribution in [-0.4, -0.2) is 32.1 Å². The maximum Gasteiger partial charge on any atom is 0.328 e. The molecular formula is C20H20FNO4. The maximum absolute atomic E-state index is 12.9. The zero-order chi connectivity index (χ0) is 18.9. The highest BCUT2D eigenvalue weighted by Crippen LogP contribution is 2.13. The Morgan fingerprint density at radius 2 is 1.73 bits per heavy atom. The molecule has 5 nitrogen and oxygen atoms in total. The molecule has 2 aromatic carbocycles. The molecule has 1 atom stereocenters. The number of halogens is 1. The Morgan fingerprint density at radius 1 is 1.08 bits per heavy atom. The molecule has 0 aliphatic heterocycles. The first kappa shape index (κ1) is 19.2. The molecule has 0 aromatic heterocycles. The van der Waals surface area contributed by atoms with Gasteiger partial charge in [0, 0.05) is 12.5 Å². The van der Waals surface area contributed by atoms with Crippen LogP contribution < -0.4 is 10.1 Å². The average molecular weight is 357 g/mol. The number of esters is 1. The Bertz CT molecular complexity index is 769. The molecule has 6 heteroatoms. The van der Waals surface area contributed by atoms with Gasteiger partial charge in [0.05, 0.1) is 14.2 Å². The fraction of sp³-hybridized carbons (Fsp3) is 0.200. The number of ether oxygens (including phenoxy) is 2. The zero-order valence-electron chi connectivity index (χ0n) is 14.6. The predicted octanol–water partition coefficient (Wildman–Crippen LogP) is 2.75. The van der Waals surface area contributed by atoms with Crippen molar-refractivity contribution in [3.05, 3.63) is 71.6 Å². The zero-order valence-corrected chi connectivity index (χ0v) is 14.6. The van der Waals surface area contributed by atoms with E-state index >= 15 is 0 Å². The molecular weight excluding hydrogens is 337 g/mol. The van der Waals surface area contributed by atoms with Gasteiger partial charge < -0.3 is 14.8 Å². The third-order valence-electron chi connectivity index (χ3n) is 3.70. The first-order chi connectivity index (χ1) is 12.5. The van der Waals surface area contributed by atoms with Crippen molar-refractivity contribution < 1.29 is 23.5 Å². The van der Waals surface area contributed by atoms with Crippen LogP contribution in [0.25, 0.3) is 6.08 Å². The minimum Gasteiger partial charge on any atom is -0.497 e. The average Bonchev–Trinajstić information content (AvgIpc) is 2.67. The van der Waals surface area contributed by atoms with Crippen molar-refractivity contribution in [2.45, 2.75) is 12.5 Å². The van der Waals surface area contributed by atoms with Crippen LogP contribution in [-0.2, 0) is 20.7 Å². The largest absolute Gasteiger partial charge is 0.497 e. The smallest absolute Gasteiger partial charge is 0.328 e. The van der Waals surface area contributed by atoms with E-state index in [-0.39, 0.29) is 12.2 Å². The fourth-order valence-corrected chi connectivity index (χ4v) is 2.30. The minimum atomic E-state index is -0.821. The second-order valence-electron chi connectivity index (χ2n) is 5.52. The minimum absolute atomic E-state index is 0.285. The molecule has 0 unspecified atom stereocenters. The van der Waals surface area contributed by atoms with Crippen molar-refractivity contribution in [1.29, 1.82) is 0 Å². The number of carbonyl (C=O) groups is 2. The van der Waals surface area contributed by atoms with Crippen LogP contribution in [0.5, 0.6) is 5.75 Å². The van der Waals surface area contributed by atoms with E-state index in [2.05, 4.69) is 5.32 Å². The summed E-state index contributed by atoms with van der Waals surface area (Å²) in [6, 6.07) is 12.1. The molecule has 0 aliphatic rings. The maximum atomic E-state index is 12.9. The lowest BCUT2D eigenvalue weighted by atomic mass is 10.1. The molecule has 1 amide bonds. The molecule has 0 bridgehead atoms. The number of nitrogens with one attached hydrogen (secondary N) is 1. The Kier molecular flexibility index (Phi) is 6.91. The van der Waals surface area contributed by atoms with Gasteiger partial charge in [0.25, 0.3) is 0 Å². The van der Waals surface area contributed by atoms with Crippen LogP contribution in [0.15, 0.2) is 54.6 Å². The molecule has 0 saturated carbocycles. The molecule has 0 spiro atoms. The lowest BCUT2D eigenvalue weighted by molar-refractivity contribution is -0.144. The Morgan fingerprint density at radius 3 is 2.31 bits per heavy atom. The molecule has 2 aromatic rings. The predicted molar refractivity (Wildman–Crippen MR) is 96.1 cm³/mol. The van der Waals surface area contributed by atoms with Crippen LogP contribution in [0.3, 0.4) is 0 Å². The van der Waals surface area contributed by atoms with Crippen LogP contribution in [0.1, 0.15) is 11.1 Å². The summed E-state index contributed by atoms with van der Waals surface area (Å²) in [5.41, 5.74) is 1.52. The highest BCUT2D eigenvalue weighted by molar-refractivity contribution is 5.94. The van der Waals surface area contributed by atoms with E-state index in [1.165, 1.54) is 31.4 Å². The standard InChI is InChI=1S/C20H20FNO4/c1-25-17-10-5-15(6-11-17)13-18(20(24)26-2)22-19(23)12-7-14-3-8-16(21)9-4-14/h3-12,18H,13H2,1-2H3,(H,22,23)/t18-/m0/s1. The van der Waals surface area contributed by atoms with Gasteiger partial charge in [-0.05, 0) is 41.5 Å². The second-order valence-corrected chi connectivity index (χ2v) is 5.52.